The second-order valence-electron chi connectivity index (χ2n) is 7.57. The van der Waals surface area contributed by atoms with Gasteiger partial charge < -0.3 is 5.32 Å². The van der Waals surface area contributed by atoms with Crippen LogP contribution in [0, 0.1) is 13.8 Å². The van der Waals surface area contributed by atoms with Crippen LogP contribution in [-0.4, -0.2) is 15.8 Å². The number of nitrogens with zero attached hydrogens (tertiary/aromatic N) is 2. The summed E-state index contributed by atoms with van der Waals surface area (Å²) in [5, 5.41) is 9.25. The summed E-state index contributed by atoms with van der Waals surface area (Å²) in [6, 6.07) is 18.9. The van der Waals surface area contributed by atoms with Gasteiger partial charge in [0.2, 0.25) is 0 Å². The van der Waals surface area contributed by atoms with Gasteiger partial charge in [0, 0.05) is 34.8 Å². The first kappa shape index (κ1) is 19.0. The van der Waals surface area contributed by atoms with E-state index in [0.717, 1.165) is 30.2 Å². The van der Waals surface area contributed by atoms with E-state index in [1.54, 1.807) is 0 Å². The average molecular weight is 392 g/mol. The van der Waals surface area contributed by atoms with Crippen molar-refractivity contribution in [3.8, 4) is 0 Å². The van der Waals surface area contributed by atoms with E-state index in [-0.39, 0.29) is 0 Å². The summed E-state index contributed by atoms with van der Waals surface area (Å²) in [6.07, 6.45) is 5.70. The van der Waals surface area contributed by atoms with Crippen LogP contribution >= 0.6 is 11.6 Å². The van der Waals surface area contributed by atoms with Crippen molar-refractivity contribution in [2.45, 2.75) is 45.3 Å². The molecule has 3 nitrogen and oxygen atoms in total. The Balaban J connectivity index is 1.42. The van der Waals surface area contributed by atoms with Crippen molar-refractivity contribution in [1.82, 2.24) is 15.1 Å². The molecule has 0 saturated heterocycles. The van der Waals surface area contributed by atoms with E-state index in [1.807, 2.05) is 18.2 Å². The van der Waals surface area contributed by atoms with Crippen LogP contribution in [0.15, 0.2) is 66.7 Å². The number of halogens is 1. The van der Waals surface area contributed by atoms with Gasteiger partial charge in [-0.25, -0.2) is 0 Å². The highest BCUT2D eigenvalue weighted by Gasteiger charge is 2.25. The highest BCUT2D eigenvalue weighted by Crippen LogP contribution is 2.33. The lowest BCUT2D eigenvalue weighted by atomic mass is 9.96. The maximum Gasteiger partial charge on any atom is 0.0662 e. The second kappa shape index (κ2) is 8.34. The van der Waals surface area contributed by atoms with Crippen LogP contribution in [-0.2, 0) is 13.1 Å². The summed E-state index contributed by atoms with van der Waals surface area (Å²) in [6.45, 7) is 5.97. The van der Waals surface area contributed by atoms with Gasteiger partial charge in [-0.05, 0) is 43.5 Å². The maximum atomic E-state index is 6.09. The van der Waals surface area contributed by atoms with Gasteiger partial charge in [0.1, 0.15) is 0 Å². The lowest BCUT2D eigenvalue weighted by Gasteiger charge is -2.15. The van der Waals surface area contributed by atoms with Gasteiger partial charge in [0.25, 0.3) is 0 Å². The number of allylic oxidation sites excluding steroid dienone is 1. The van der Waals surface area contributed by atoms with Gasteiger partial charge in [-0.2, -0.15) is 5.10 Å². The number of aromatic nitrogens is 2. The monoisotopic (exact) mass is 391 g/mol. The van der Waals surface area contributed by atoms with E-state index in [4.69, 9.17) is 16.7 Å². The SMILES string of the molecule is Cc1nn(Cc2ccccc2)c(C)c1C1C=CC(NCc2cccc(Cl)c2)C1. The molecule has 1 heterocycles. The molecule has 2 aromatic carbocycles. The zero-order valence-electron chi connectivity index (χ0n) is 16.4. The minimum Gasteiger partial charge on any atom is -0.306 e. The molecule has 28 heavy (non-hydrogen) atoms. The largest absolute Gasteiger partial charge is 0.306 e. The third-order valence-electron chi connectivity index (χ3n) is 5.52. The van der Waals surface area contributed by atoms with Crippen LogP contribution in [0.5, 0.6) is 0 Å². The van der Waals surface area contributed by atoms with Crippen LogP contribution in [0.3, 0.4) is 0 Å². The number of aryl methyl sites for hydroxylation is 1. The highest BCUT2D eigenvalue weighted by molar-refractivity contribution is 6.30. The standard InChI is InChI=1S/C24H26ClN3/c1-17-24(18(2)28(27-17)16-19-7-4-3-5-8-19)21-11-12-23(14-21)26-15-20-9-6-10-22(25)13-20/h3-13,21,23,26H,14-16H2,1-2H3. The summed E-state index contributed by atoms with van der Waals surface area (Å²) in [4.78, 5) is 0. The first-order valence-corrected chi connectivity index (χ1v) is 10.2. The summed E-state index contributed by atoms with van der Waals surface area (Å²) in [5.74, 6) is 0.418. The van der Waals surface area contributed by atoms with E-state index in [9.17, 15) is 0 Å². The Morgan fingerprint density at radius 2 is 1.82 bits per heavy atom. The van der Waals surface area contributed by atoms with Crippen molar-refractivity contribution in [1.29, 1.82) is 0 Å². The van der Waals surface area contributed by atoms with Crippen LogP contribution in [0.2, 0.25) is 5.02 Å². The van der Waals surface area contributed by atoms with E-state index in [1.165, 1.54) is 22.4 Å². The Kier molecular flexibility index (Phi) is 5.65. The fourth-order valence-electron chi connectivity index (χ4n) is 4.12. The van der Waals surface area contributed by atoms with Crippen molar-refractivity contribution in [2.75, 3.05) is 0 Å². The molecule has 4 rings (SSSR count). The van der Waals surface area contributed by atoms with E-state index in [0.29, 0.717) is 12.0 Å². The Labute approximate surface area is 172 Å². The minimum absolute atomic E-state index is 0.375. The zero-order chi connectivity index (χ0) is 19.5. The maximum absolute atomic E-state index is 6.09. The van der Waals surface area contributed by atoms with Crippen LogP contribution < -0.4 is 5.32 Å². The quantitative estimate of drug-likeness (QED) is 0.570. The van der Waals surface area contributed by atoms with Gasteiger partial charge in [-0.3, -0.25) is 4.68 Å². The number of nitrogens with one attached hydrogen (secondary N) is 1. The predicted molar refractivity (Wildman–Crippen MR) is 116 cm³/mol. The van der Waals surface area contributed by atoms with Crippen molar-refractivity contribution < 1.29 is 0 Å². The van der Waals surface area contributed by atoms with Crippen LogP contribution in [0.1, 0.15) is 40.4 Å². The summed E-state index contributed by atoms with van der Waals surface area (Å²) in [7, 11) is 0. The van der Waals surface area contributed by atoms with Gasteiger partial charge in [-0.1, -0.05) is 66.2 Å². The summed E-state index contributed by atoms with van der Waals surface area (Å²) < 4.78 is 2.14. The van der Waals surface area contributed by atoms with Crippen molar-refractivity contribution in [3.63, 3.8) is 0 Å². The molecule has 1 N–H and O–H groups in total. The molecular weight excluding hydrogens is 366 g/mol. The smallest absolute Gasteiger partial charge is 0.0662 e. The molecule has 3 aromatic rings. The molecule has 0 aliphatic heterocycles. The molecule has 0 spiro atoms. The van der Waals surface area contributed by atoms with Crippen LogP contribution in [0.25, 0.3) is 0 Å². The van der Waals surface area contributed by atoms with E-state index < -0.39 is 0 Å². The molecule has 0 radical (unpaired) electrons. The lowest BCUT2D eigenvalue weighted by molar-refractivity contribution is 0.558. The fourth-order valence-corrected chi connectivity index (χ4v) is 4.33. The zero-order valence-corrected chi connectivity index (χ0v) is 17.2. The van der Waals surface area contributed by atoms with Gasteiger partial charge >= 0.3 is 0 Å². The molecule has 144 valence electrons. The molecular formula is C24H26ClN3. The number of hydrogen-bond acceptors (Lipinski definition) is 2. The van der Waals surface area contributed by atoms with E-state index >= 15 is 0 Å². The van der Waals surface area contributed by atoms with Crippen molar-refractivity contribution >= 4 is 11.6 Å². The Bertz CT molecular complexity index is 975. The molecule has 1 aromatic heterocycles. The Morgan fingerprint density at radius 1 is 1.04 bits per heavy atom. The summed E-state index contributed by atoms with van der Waals surface area (Å²) in [5.41, 5.74) is 6.28. The molecule has 4 heteroatoms. The molecule has 0 fully saturated rings. The molecule has 2 unspecified atom stereocenters. The fraction of sp³-hybridized carbons (Fsp3) is 0.292. The second-order valence-corrected chi connectivity index (χ2v) is 8.01. The third kappa shape index (κ3) is 4.21. The molecule has 0 bridgehead atoms. The van der Waals surface area contributed by atoms with E-state index in [2.05, 4.69) is 72.4 Å². The molecule has 0 amide bonds. The first-order valence-electron chi connectivity index (χ1n) is 9.84. The first-order chi connectivity index (χ1) is 13.6. The van der Waals surface area contributed by atoms with Crippen molar-refractivity contribution in [2.24, 2.45) is 0 Å². The minimum atomic E-state index is 0.375. The topological polar surface area (TPSA) is 29.9 Å². The molecule has 1 aliphatic carbocycles. The Morgan fingerprint density at radius 3 is 2.61 bits per heavy atom. The third-order valence-corrected chi connectivity index (χ3v) is 5.76. The number of hydrogen-bond donors (Lipinski definition) is 1. The highest BCUT2D eigenvalue weighted by atomic mass is 35.5. The molecule has 2 atom stereocenters. The molecule has 0 saturated carbocycles. The lowest BCUT2D eigenvalue weighted by Crippen LogP contribution is -2.25. The normalized spacial score (nSPS) is 18.7. The van der Waals surface area contributed by atoms with Crippen LogP contribution in [0.4, 0.5) is 0 Å². The van der Waals surface area contributed by atoms with Gasteiger partial charge in [0.05, 0.1) is 12.2 Å². The number of rotatable bonds is 6. The number of benzene rings is 2. The predicted octanol–water partition coefficient (Wildman–Crippen LogP) is 5.40. The van der Waals surface area contributed by atoms with Gasteiger partial charge in [-0.15, -0.1) is 0 Å². The summed E-state index contributed by atoms with van der Waals surface area (Å²) >= 11 is 6.09. The Hall–Kier alpha value is -2.36. The molecule has 1 aliphatic rings. The van der Waals surface area contributed by atoms with Gasteiger partial charge in [0.15, 0.2) is 0 Å². The van der Waals surface area contributed by atoms with Crippen molar-refractivity contribution in [3.05, 3.63) is 99.9 Å². The average Bonchev–Trinajstić information content (AvgIpc) is 3.25.